The molecule has 0 heterocycles. The van der Waals surface area contributed by atoms with Gasteiger partial charge in [-0.3, -0.25) is 9.59 Å². The zero-order valence-electron chi connectivity index (χ0n) is 12.3. The number of carboxylic acid groups (broad SMARTS) is 1. The normalized spacial score (nSPS) is 20.9. The molecule has 0 radical (unpaired) electrons. The van der Waals surface area contributed by atoms with Gasteiger partial charge in [-0.15, -0.1) is 0 Å². The molecule has 0 saturated carbocycles. The number of aliphatic hydroxyl groups excluding tert-OH is 1. The lowest BCUT2D eigenvalue weighted by Gasteiger charge is -2.24. The Labute approximate surface area is 124 Å². The Balaban J connectivity index is 2.02. The Morgan fingerprint density at radius 2 is 1.95 bits per heavy atom. The second kappa shape index (κ2) is 5.85. The number of benzene rings is 1. The Hall–Kier alpha value is -1.88. The molecule has 0 spiro atoms. The fourth-order valence-electron chi connectivity index (χ4n) is 2.88. The van der Waals surface area contributed by atoms with Crippen LogP contribution in [0.1, 0.15) is 43.9 Å². The maximum atomic E-state index is 12.1. The average molecular weight is 291 g/mol. The van der Waals surface area contributed by atoms with Crippen molar-refractivity contribution in [3.63, 3.8) is 0 Å². The summed E-state index contributed by atoms with van der Waals surface area (Å²) in [6.07, 6.45) is -0.0527. The van der Waals surface area contributed by atoms with Crippen molar-refractivity contribution in [1.29, 1.82) is 0 Å². The molecule has 1 aromatic carbocycles. The summed E-state index contributed by atoms with van der Waals surface area (Å²) >= 11 is 0. The molecule has 5 heteroatoms. The van der Waals surface area contributed by atoms with E-state index in [4.69, 9.17) is 5.11 Å². The number of hydrogen-bond acceptors (Lipinski definition) is 3. The molecule has 114 valence electrons. The summed E-state index contributed by atoms with van der Waals surface area (Å²) in [7, 11) is 0. The largest absolute Gasteiger partial charge is 0.481 e. The molecule has 5 nitrogen and oxygen atoms in total. The first kappa shape index (κ1) is 15.5. The predicted octanol–water partition coefficient (Wildman–Crippen LogP) is 1.65. The molecule has 1 aromatic rings. The van der Waals surface area contributed by atoms with Crippen LogP contribution in [0.15, 0.2) is 24.3 Å². The maximum Gasteiger partial charge on any atom is 0.303 e. The first-order chi connectivity index (χ1) is 9.78. The summed E-state index contributed by atoms with van der Waals surface area (Å²) in [6, 6.07) is 7.22. The molecule has 1 aliphatic carbocycles. The number of amides is 1. The van der Waals surface area contributed by atoms with Crippen LogP contribution in [0.4, 0.5) is 0 Å². The fraction of sp³-hybridized carbons (Fsp3) is 0.500. The first-order valence-electron chi connectivity index (χ1n) is 7.05. The molecular weight excluding hydrogens is 270 g/mol. The van der Waals surface area contributed by atoms with Crippen LogP contribution in [0.2, 0.25) is 0 Å². The van der Waals surface area contributed by atoms with E-state index in [1.807, 2.05) is 24.3 Å². The van der Waals surface area contributed by atoms with Gasteiger partial charge < -0.3 is 15.5 Å². The van der Waals surface area contributed by atoms with Gasteiger partial charge >= 0.3 is 5.97 Å². The summed E-state index contributed by atoms with van der Waals surface area (Å²) < 4.78 is 0. The van der Waals surface area contributed by atoms with Crippen LogP contribution in [0.3, 0.4) is 0 Å². The minimum Gasteiger partial charge on any atom is -0.481 e. The highest BCUT2D eigenvalue weighted by molar-refractivity contribution is 5.78. The SMILES string of the molecule is CC(C)(CC(=O)O)CC(=O)N[C@@H]1c2ccccc2C[C@@H]1O. The van der Waals surface area contributed by atoms with Gasteiger partial charge in [-0.25, -0.2) is 0 Å². The summed E-state index contributed by atoms with van der Waals surface area (Å²) in [5.41, 5.74) is 1.37. The smallest absolute Gasteiger partial charge is 0.303 e. The van der Waals surface area contributed by atoms with E-state index in [0.717, 1.165) is 11.1 Å². The second-order valence-corrected chi connectivity index (χ2v) is 6.43. The van der Waals surface area contributed by atoms with Crippen molar-refractivity contribution in [1.82, 2.24) is 5.32 Å². The van der Waals surface area contributed by atoms with Crippen LogP contribution in [0.5, 0.6) is 0 Å². The van der Waals surface area contributed by atoms with E-state index < -0.39 is 23.5 Å². The van der Waals surface area contributed by atoms with Gasteiger partial charge in [0.05, 0.1) is 18.6 Å². The van der Waals surface area contributed by atoms with Crippen LogP contribution in [-0.4, -0.2) is 28.2 Å². The van der Waals surface area contributed by atoms with Gasteiger partial charge in [0.1, 0.15) is 0 Å². The molecule has 0 unspecified atom stereocenters. The Kier molecular flexibility index (Phi) is 4.32. The predicted molar refractivity (Wildman–Crippen MR) is 77.7 cm³/mol. The summed E-state index contributed by atoms with van der Waals surface area (Å²) in [6.45, 7) is 3.50. The Morgan fingerprint density at radius 1 is 1.29 bits per heavy atom. The van der Waals surface area contributed by atoms with Crippen molar-refractivity contribution in [2.75, 3.05) is 0 Å². The van der Waals surface area contributed by atoms with Crippen molar-refractivity contribution in [3.8, 4) is 0 Å². The third-order valence-electron chi connectivity index (χ3n) is 3.79. The number of carbonyl (C=O) groups is 2. The van der Waals surface area contributed by atoms with Gasteiger partial charge in [0.25, 0.3) is 0 Å². The van der Waals surface area contributed by atoms with Gasteiger partial charge in [0, 0.05) is 12.8 Å². The molecule has 0 fully saturated rings. The van der Waals surface area contributed by atoms with Crippen molar-refractivity contribution in [3.05, 3.63) is 35.4 Å². The molecule has 1 amide bonds. The number of nitrogens with one attached hydrogen (secondary N) is 1. The molecule has 0 aromatic heterocycles. The standard InChI is InChI=1S/C16H21NO4/c1-16(2,9-14(20)21)8-13(19)17-15-11-6-4-3-5-10(11)7-12(15)18/h3-6,12,15,18H,7-9H2,1-2H3,(H,17,19)(H,20,21)/t12-,15+/m0/s1. The van der Waals surface area contributed by atoms with E-state index in [0.29, 0.717) is 6.42 Å². The number of rotatable bonds is 5. The fourth-order valence-corrected chi connectivity index (χ4v) is 2.88. The minimum absolute atomic E-state index is 0.0653. The summed E-state index contributed by atoms with van der Waals surface area (Å²) in [5.74, 6) is -1.15. The summed E-state index contributed by atoms with van der Waals surface area (Å²) in [5, 5.41) is 21.8. The number of carboxylic acids is 1. The van der Waals surface area contributed by atoms with Gasteiger partial charge in [0.15, 0.2) is 0 Å². The van der Waals surface area contributed by atoms with E-state index >= 15 is 0 Å². The van der Waals surface area contributed by atoms with Gasteiger partial charge in [0.2, 0.25) is 5.91 Å². The number of aliphatic hydroxyl groups is 1. The van der Waals surface area contributed by atoms with E-state index in [-0.39, 0.29) is 18.7 Å². The zero-order valence-corrected chi connectivity index (χ0v) is 12.3. The molecule has 3 N–H and O–H groups in total. The molecule has 21 heavy (non-hydrogen) atoms. The molecule has 1 aliphatic rings. The highest BCUT2D eigenvalue weighted by atomic mass is 16.4. The molecular formula is C16H21NO4. The molecule has 0 aliphatic heterocycles. The quantitative estimate of drug-likeness (QED) is 0.770. The Bertz CT molecular complexity index is 553. The first-order valence-corrected chi connectivity index (χ1v) is 7.05. The summed E-state index contributed by atoms with van der Waals surface area (Å²) in [4.78, 5) is 22.9. The third-order valence-corrected chi connectivity index (χ3v) is 3.79. The minimum atomic E-state index is -0.918. The van der Waals surface area contributed by atoms with Crippen molar-refractivity contribution >= 4 is 11.9 Å². The van der Waals surface area contributed by atoms with E-state index in [2.05, 4.69) is 5.32 Å². The van der Waals surface area contributed by atoms with Crippen molar-refractivity contribution < 1.29 is 19.8 Å². The van der Waals surface area contributed by atoms with Gasteiger partial charge in [-0.2, -0.15) is 0 Å². The second-order valence-electron chi connectivity index (χ2n) is 6.43. The highest BCUT2D eigenvalue weighted by Crippen LogP contribution is 2.32. The van der Waals surface area contributed by atoms with E-state index in [1.165, 1.54) is 0 Å². The number of fused-ring (bicyclic) bond motifs is 1. The van der Waals surface area contributed by atoms with Crippen molar-refractivity contribution in [2.24, 2.45) is 5.41 Å². The van der Waals surface area contributed by atoms with Crippen LogP contribution < -0.4 is 5.32 Å². The lowest BCUT2D eigenvalue weighted by molar-refractivity contribution is -0.139. The lowest BCUT2D eigenvalue weighted by Crippen LogP contribution is -2.36. The van der Waals surface area contributed by atoms with Crippen LogP contribution in [-0.2, 0) is 16.0 Å². The molecule has 2 rings (SSSR count). The van der Waals surface area contributed by atoms with Crippen LogP contribution >= 0.6 is 0 Å². The lowest BCUT2D eigenvalue weighted by atomic mass is 9.85. The number of aliphatic carboxylic acids is 1. The molecule has 0 bridgehead atoms. The monoisotopic (exact) mass is 291 g/mol. The van der Waals surface area contributed by atoms with Crippen LogP contribution in [0, 0.1) is 5.41 Å². The zero-order chi connectivity index (χ0) is 15.6. The van der Waals surface area contributed by atoms with Crippen molar-refractivity contribution in [2.45, 2.75) is 45.3 Å². The van der Waals surface area contributed by atoms with E-state index in [1.54, 1.807) is 13.8 Å². The third kappa shape index (κ3) is 3.82. The average Bonchev–Trinajstić information content (AvgIpc) is 2.63. The topological polar surface area (TPSA) is 86.6 Å². The highest BCUT2D eigenvalue weighted by Gasteiger charge is 2.33. The Morgan fingerprint density at radius 3 is 2.62 bits per heavy atom. The van der Waals surface area contributed by atoms with Gasteiger partial charge in [-0.1, -0.05) is 38.1 Å². The molecule has 0 saturated heterocycles. The molecule has 2 atom stereocenters. The van der Waals surface area contributed by atoms with E-state index in [9.17, 15) is 14.7 Å². The number of carbonyl (C=O) groups excluding carboxylic acids is 1. The van der Waals surface area contributed by atoms with Crippen LogP contribution in [0.25, 0.3) is 0 Å². The number of hydrogen-bond donors (Lipinski definition) is 3. The maximum absolute atomic E-state index is 12.1. The van der Waals surface area contributed by atoms with Gasteiger partial charge in [-0.05, 0) is 16.5 Å².